The summed E-state index contributed by atoms with van der Waals surface area (Å²) in [6.45, 7) is 3.86. The molecule has 144 valence electrons. The minimum absolute atomic E-state index is 0.114. The second-order valence-corrected chi connectivity index (χ2v) is 8.05. The van der Waals surface area contributed by atoms with Gasteiger partial charge in [0.15, 0.2) is 6.61 Å². The van der Waals surface area contributed by atoms with Gasteiger partial charge >= 0.3 is 0 Å². The Morgan fingerprint density at radius 3 is 2.48 bits per heavy atom. The van der Waals surface area contributed by atoms with Crippen molar-refractivity contribution in [2.75, 3.05) is 23.7 Å². The summed E-state index contributed by atoms with van der Waals surface area (Å²) in [5.41, 5.74) is 1.17. The highest BCUT2D eigenvalue weighted by atomic mass is 35.5. The average molecular weight is 409 g/mol. The summed E-state index contributed by atoms with van der Waals surface area (Å²) in [5, 5.41) is 3.10. The maximum Gasteiger partial charge on any atom is 0.258 e. The number of anilines is 1. The molecule has 0 aliphatic rings. The van der Waals surface area contributed by atoms with Gasteiger partial charge in [-0.2, -0.15) is 0 Å². The highest BCUT2D eigenvalue weighted by Crippen LogP contribution is 2.26. The first-order chi connectivity index (χ1) is 12.8. The normalized spacial score (nSPS) is 10.9. The number of sulfonamides is 1. The lowest BCUT2D eigenvalue weighted by molar-refractivity contribution is -0.122. The molecule has 0 heterocycles. The van der Waals surface area contributed by atoms with Crippen LogP contribution in [0.4, 0.5) is 5.69 Å². The predicted octanol–water partition coefficient (Wildman–Crippen LogP) is 2.99. The molecule has 6 nitrogen and oxygen atoms in total. The summed E-state index contributed by atoms with van der Waals surface area (Å²) in [6.07, 6.45) is 2.71. The van der Waals surface area contributed by atoms with E-state index in [0.29, 0.717) is 28.6 Å². The van der Waals surface area contributed by atoms with Crippen LogP contribution < -0.4 is 14.4 Å². The van der Waals surface area contributed by atoms with Crippen LogP contribution >= 0.6 is 11.6 Å². The second kappa shape index (κ2) is 9.43. The fourth-order valence-corrected chi connectivity index (χ4v) is 3.35. The fourth-order valence-electron chi connectivity index (χ4n) is 2.28. The maximum atomic E-state index is 12.2. The zero-order chi connectivity index (χ0) is 19.9. The molecule has 2 rings (SSSR count). The van der Waals surface area contributed by atoms with E-state index in [1.807, 2.05) is 0 Å². The molecule has 0 aromatic heterocycles. The van der Waals surface area contributed by atoms with Crippen LogP contribution in [0.1, 0.15) is 5.56 Å². The van der Waals surface area contributed by atoms with Crippen LogP contribution in [-0.2, 0) is 21.4 Å². The third kappa shape index (κ3) is 6.30. The van der Waals surface area contributed by atoms with E-state index in [2.05, 4.69) is 11.9 Å². The standard InChI is InChI=1S/C19H21ClN2O4S/c1-3-12-21-19(23)14-26-17-10-8-16(9-11-17)22(27(2,24)25)13-15-6-4-5-7-18(15)20/h3-11H,1,12-14H2,2H3,(H,21,23). The van der Waals surface area contributed by atoms with Gasteiger partial charge in [-0.3, -0.25) is 9.10 Å². The molecule has 0 saturated carbocycles. The zero-order valence-corrected chi connectivity index (χ0v) is 16.5. The number of nitrogens with zero attached hydrogens (tertiary/aromatic N) is 1. The lowest BCUT2D eigenvalue weighted by atomic mass is 10.2. The number of benzene rings is 2. The van der Waals surface area contributed by atoms with Gasteiger partial charge < -0.3 is 10.1 Å². The smallest absolute Gasteiger partial charge is 0.258 e. The minimum Gasteiger partial charge on any atom is -0.484 e. The third-order valence-corrected chi connectivity index (χ3v) is 5.12. The maximum absolute atomic E-state index is 12.2. The van der Waals surface area contributed by atoms with Gasteiger partial charge in [0.05, 0.1) is 18.5 Å². The Balaban J connectivity index is 2.12. The van der Waals surface area contributed by atoms with E-state index >= 15 is 0 Å². The van der Waals surface area contributed by atoms with Crippen molar-refractivity contribution >= 4 is 33.2 Å². The van der Waals surface area contributed by atoms with E-state index in [1.165, 1.54) is 4.31 Å². The van der Waals surface area contributed by atoms with E-state index < -0.39 is 10.0 Å². The van der Waals surface area contributed by atoms with Crippen LogP contribution in [0.5, 0.6) is 5.75 Å². The number of nitrogens with one attached hydrogen (secondary N) is 1. The van der Waals surface area contributed by atoms with Gasteiger partial charge in [-0.1, -0.05) is 35.9 Å². The Bertz CT molecular complexity index is 898. The van der Waals surface area contributed by atoms with Crippen molar-refractivity contribution in [2.45, 2.75) is 6.54 Å². The number of carbonyl (C=O) groups excluding carboxylic acids is 1. The van der Waals surface area contributed by atoms with Gasteiger partial charge in [0.1, 0.15) is 5.75 Å². The van der Waals surface area contributed by atoms with Crippen LogP contribution in [0.15, 0.2) is 61.2 Å². The molecular weight excluding hydrogens is 388 g/mol. The summed E-state index contributed by atoms with van der Waals surface area (Å²) in [7, 11) is -3.52. The van der Waals surface area contributed by atoms with Crippen molar-refractivity contribution in [3.8, 4) is 5.75 Å². The quantitative estimate of drug-likeness (QED) is 0.647. The van der Waals surface area contributed by atoms with Crippen LogP contribution in [0.2, 0.25) is 5.02 Å². The van der Waals surface area contributed by atoms with Crippen molar-refractivity contribution in [3.05, 3.63) is 71.8 Å². The minimum atomic E-state index is -3.52. The second-order valence-electron chi connectivity index (χ2n) is 5.74. The Kier molecular flexibility index (Phi) is 7.27. The van der Waals surface area contributed by atoms with Gasteiger partial charge in [0.25, 0.3) is 5.91 Å². The van der Waals surface area contributed by atoms with E-state index in [1.54, 1.807) is 54.6 Å². The van der Waals surface area contributed by atoms with Crippen molar-refractivity contribution in [1.82, 2.24) is 5.32 Å². The Labute approximate surface area is 164 Å². The molecule has 0 aliphatic heterocycles. The first-order valence-corrected chi connectivity index (χ1v) is 10.4. The topological polar surface area (TPSA) is 75.7 Å². The lowest BCUT2D eigenvalue weighted by Crippen LogP contribution is -2.29. The molecule has 2 aromatic carbocycles. The first kappa shape index (κ1) is 20.8. The molecular formula is C19H21ClN2O4S. The summed E-state index contributed by atoms with van der Waals surface area (Å²) in [4.78, 5) is 11.5. The summed E-state index contributed by atoms with van der Waals surface area (Å²) in [5.74, 6) is 0.189. The number of amides is 1. The molecule has 0 spiro atoms. The summed E-state index contributed by atoms with van der Waals surface area (Å²) >= 11 is 6.15. The molecule has 27 heavy (non-hydrogen) atoms. The Hall–Kier alpha value is -2.51. The molecule has 0 saturated heterocycles. The van der Waals surface area contributed by atoms with E-state index in [-0.39, 0.29) is 19.1 Å². The predicted molar refractivity (Wildman–Crippen MR) is 108 cm³/mol. The average Bonchev–Trinajstić information content (AvgIpc) is 2.63. The molecule has 0 fully saturated rings. The van der Waals surface area contributed by atoms with Gasteiger partial charge in [0, 0.05) is 11.6 Å². The molecule has 2 aromatic rings. The molecule has 0 aliphatic carbocycles. The van der Waals surface area contributed by atoms with Crippen molar-refractivity contribution in [3.63, 3.8) is 0 Å². The number of hydrogen-bond acceptors (Lipinski definition) is 4. The van der Waals surface area contributed by atoms with Crippen LogP contribution in [0.25, 0.3) is 0 Å². The zero-order valence-electron chi connectivity index (χ0n) is 14.9. The fraction of sp³-hybridized carbons (Fsp3) is 0.211. The third-order valence-electron chi connectivity index (χ3n) is 3.61. The Morgan fingerprint density at radius 2 is 1.89 bits per heavy atom. The molecule has 0 atom stereocenters. The number of ether oxygens (including phenoxy) is 1. The molecule has 1 amide bonds. The number of halogens is 1. The van der Waals surface area contributed by atoms with E-state index in [0.717, 1.165) is 6.26 Å². The molecule has 0 radical (unpaired) electrons. The summed E-state index contributed by atoms with van der Waals surface area (Å²) in [6, 6.07) is 13.5. The van der Waals surface area contributed by atoms with Crippen LogP contribution in [0, 0.1) is 0 Å². The summed E-state index contributed by atoms with van der Waals surface area (Å²) < 4.78 is 31.1. The first-order valence-electron chi connectivity index (χ1n) is 8.13. The Morgan fingerprint density at radius 1 is 1.22 bits per heavy atom. The van der Waals surface area contributed by atoms with Gasteiger partial charge in [-0.05, 0) is 35.9 Å². The van der Waals surface area contributed by atoms with Gasteiger partial charge in [-0.25, -0.2) is 8.42 Å². The van der Waals surface area contributed by atoms with Crippen molar-refractivity contribution in [1.29, 1.82) is 0 Å². The van der Waals surface area contributed by atoms with Crippen molar-refractivity contribution < 1.29 is 17.9 Å². The van der Waals surface area contributed by atoms with Crippen LogP contribution in [0.3, 0.4) is 0 Å². The molecule has 8 heteroatoms. The van der Waals surface area contributed by atoms with Crippen molar-refractivity contribution in [2.24, 2.45) is 0 Å². The molecule has 0 unspecified atom stereocenters. The number of rotatable bonds is 9. The molecule has 0 bridgehead atoms. The lowest BCUT2D eigenvalue weighted by Gasteiger charge is -2.23. The highest BCUT2D eigenvalue weighted by Gasteiger charge is 2.19. The number of carbonyl (C=O) groups is 1. The number of hydrogen-bond donors (Lipinski definition) is 1. The van der Waals surface area contributed by atoms with Gasteiger partial charge in [-0.15, -0.1) is 6.58 Å². The highest BCUT2D eigenvalue weighted by molar-refractivity contribution is 7.92. The SMILES string of the molecule is C=CCNC(=O)COc1ccc(N(Cc2ccccc2Cl)S(C)(=O)=O)cc1. The largest absolute Gasteiger partial charge is 0.484 e. The van der Waals surface area contributed by atoms with Gasteiger partial charge in [0.2, 0.25) is 10.0 Å². The van der Waals surface area contributed by atoms with E-state index in [9.17, 15) is 13.2 Å². The van der Waals surface area contributed by atoms with Crippen LogP contribution in [-0.4, -0.2) is 33.7 Å². The molecule has 1 N–H and O–H groups in total. The monoisotopic (exact) mass is 408 g/mol. The van der Waals surface area contributed by atoms with E-state index in [4.69, 9.17) is 16.3 Å².